The maximum atomic E-state index is 13.0. The minimum atomic E-state index is -0.384. The Kier molecular flexibility index (Phi) is 4.31. The van der Waals surface area contributed by atoms with Gasteiger partial charge in [-0.3, -0.25) is 0 Å². The molecule has 2 aliphatic rings. The molecule has 3 nitrogen and oxygen atoms in total. The van der Waals surface area contributed by atoms with Crippen molar-refractivity contribution in [2.24, 2.45) is 0 Å². The maximum Gasteiger partial charge on any atom is 0.169 e. The summed E-state index contributed by atoms with van der Waals surface area (Å²) in [6, 6.07) is 7.13. The molecular weight excluding hydrogens is 277 g/mol. The van der Waals surface area contributed by atoms with Crippen LogP contribution < -0.4 is 5.32 Å². The van der Waals surface area contributed by atoms with Gasteiger partial charge in [-0.25, -0.2) is 4.39 Å². The highest BCUT2D eigenvalue weighted by Crippen LogP contribution is 2.42. The van der Waals surface area contributed by atoms with Gasteiger partial charge in [0.2, 0.25) is 0 Å². The van der Waals surface area contributed by atoms with Gasteiger partial charge in [0.15, 0.2) is 5.79 Å². The summed E-state index contributed by atoms with van der Waals surface area (Å²) in [4.78, 5) is 1.09. The lowest BCUT2D eigenvalue weighted by Crippen LogP contribution is -2.48. The number of hydrogen-bond acceptors (Lipinski definition) is 4. The Bertz CT molecular complexity index is 448. The molecule has 2 fully saturated rings. The molecule has 0 aromatic heterocycles. The molecule has 0 bridgehead atoms. The van der Waals surface area contributed by atoms with E-state index in [9.17, 15) is 4.39 Å². The third-order valence-electron chi connectivity index (χ3n) is 4.08. The SMILES string of the molecule is CNC1CCC2(CC1Sc1ccc(F)cc1)OCCO2. The first kappa shape index (κ1) is 14.3. The van der Waals surface area contributed by atoms with Crippen LogP contribution in [0, 0.1) is 5.82 Å². The zero-order valence-corrected chi connectivity index (χ0v) is 12.4. The minimum absolute atomic E-state index is 0.193. The van der Waals surface area contributed by atoms with Crippen LogP contribution in [0.5, 0.6) is 0 Å². The molecule has 2 atom stereocenters. The largest absolute Gasteiger partial charge is 0.347 e. The minimum Gasteiger partial charge on any atom is -0.347 e. The van der Waals surface area contributed by atoms with Crippen LogP contribution >= 0.6 is 11.8 Å². The molecule has 1 aromatic carbocycles. The highest BCUT2D eigenvalue weighted by molar-refractivity contribution is 8.00. The van der Waals surface area contributed by atoms with Crippen LogP contribution in [0.25, 0.3) is 0 Å². The lowest BCUT2D eigenvalue weighted by atomic mass is 9.89. The normalized spacial score (nSPS) is 28.9. The van der Waals surface area contributed by atoms with Crippen molar-refractivity contribution >= 4 is 11.8 Å². The van der Waals surface area contributed by atoms with E-state index in [2.05, 4.69) is 5.32 Å². The molecule has 110 valence electrons. The summed E-state index contributed by atoms with van der Waals surface area (Å²) in [6.07, 6.45) is 2.86. The van der Waals surface area contributed by atoms with E-state index in [0.717, 1.165) is 24.2 Å². The van der Waals surface area contributed by atoms with Crippen LogP contribution in [-0.4, -0.2) is 37.3 Å². The number of nitrogens with one attached hydrogen (secondary N) is 1. The van der Waals surface area contributed by atoms with Crippen molar-refractivity contribution in [3.63, 3.8) is 0 Å². The monoisotopic (exact) mass is 297 g/mol. The zero-order valence-electron chi connectivity index (χ0n) is 11.6. The number of thioether (sulfide) groups is 1. The highest BCUT2D eigenvalue weighted by Gasteiger charge is 2.45. The predicted octanol–water partition coefficient (Wildman–Crippen LogP) is 2.80. The number of hydrogen-bond donors (Lipinski definition) is 1. The summed E-state index contributed by atoms with van der Waals surface area (Å²) in [5.41, 5.74) is 0. The van der Waals surface area contributed by atoms with Crippen molar-refractivity contribution in [2.45, 2.75) is 41.2 Å². The van der Waals surface area contributed by atoms with Crippen molar-refractivity contribution in [3.8, 4) is 0 Å². The van der Waals surface area contributed by atoms with E-state index in [1.807, 2.05) is 19.2 Å². The number of halogens is 1. The van der Waals surface area contributed by atoms with Gasteiger partial charge >= 0.3 is 0 Å². The molecule has 1 heterocycles. The van der Waals surface area contributed by atoms with Crippen LogP contribution in [0.2, 0.25) is 0 Å². The number of ether oxygens (including phenoxy) is 2. The van der Waals surface area contributed by atoms with Crippen molar-refractivity contribution < 1.29 is 13.9 Å². The molecule has 1 aliphatic carbocycles. The molecule has 1 aromatic rings. The standard InChI is InChI=1S/C15H20FNO2S/c1-17-13-6-7-15(18-8-9-19-15)10-14(13)20-12-4-2-11(16)3-5-12/h2-5,13-14,17H,6-10H2,1H3. The second-order valence-electron chi connectivity index (χ2n) is 5.36. The fourth-order valence-corrected chi connectivity index (χ4v) is 4.43. The lowest BCUT2D eigenvalue weighted by Gasteiger charge is -2.40. The summed E-state index contributed by atoms with van der Waals surface area (Å²) >= 11 is 1.78. The van der Waals surface area contributed by atoms with Crippen molar-refractivity contribution in [3.05, 3.63) is 30.1 Å². The fourth-order valence-electron chi connectivity index (χ4n) is 3.01. The van der Waals surface area contributed by atoms with E-state index in [0.29, 0.717) is 24.5 Å². The number of rotatable bonds is 3. The quantitative estimate of drug-likeness (QED) is 0.929. The van der Waals surface area contributed by atoms with Gasteiger partial charge < -0.3 is 14.8 Å². The van der Waals surface area contributed by atoms with Crippen molar-refractivity contribution in [1.29, 1.82) is 0 Å². The molecule has 20 heavy (non-hydrogen) atoms. The molecule has 1 saturated heterocycles. The average molecular weight is 297 g/mol. The first-order chi connectivity index (χ1) is 9.71. The first-order valence-electron chi connectivity index (χ1n) is 7.08. The van der Waals surface area contributed by atoms with E-state index < -0.39 is 0 Å². The van der Waals surface area contributed by atoms with Gasteiger partial charge in [0.1, 0.15) is 5.82 Å². The first-order valence-corrected chi connectivity index (χ1v) is 7.96. The van der Waals surface area contributed by atoms with Crippen LogP contribution in [0.3, 0.4) is 0 Å². The Morgan fingerprint density at radius 2 is 1.95 bits per heavy atom. The molecule has 3 rings (SSSR count). The molecule has 2 unspecified atom stereocenters. The van der Waals surface area contributed by atoms with Crippen LogP contribution in [0.4, 0.5) is 4.39 Å². The van der Waals surface area contributed by atoms with Crippen LogP contribution in [-0.2, 0) is 9.47 Å². The molecule has 5 heteroatoms. The number of benzene rings is 1. The Hall–Kier alpha value is -0.620. The molecular formula is C15H20FNO2S. The predicted molar refractivity (Wildman–Crippen MR) is 77.4 cm³/mol. The Balaban J connectivity index is 1.72. The smallest absolute Gasteiger partial charge is 0.169 e. The molecule has 1 saturated carbocycles. The molecule has 1 N–H and O–H groups in total. The molecule has 0 amide bonds. The van der Waals surface area contributed by atoms with Crippen LogP contribution in [0.1, 0.15) is 19.3 Å². The van der Waals surface area contributed by atoms with Gasteiger partial charge in [0.25, 0.3) is 0 Å². The second kappa shape index (κ2) is 6.02. The summed E-state index contributed by atoms with van der Waals surface area (Å²) in [5, 5.41) is 3.76. The van der Waals surface area contributed by atoms with Gasteiger partial charge in [0, 0.05) is 29.0 Å². The van der Waals surface area contributed by atoms with E-state index >= 15 is 0 Å². The van der Waals surface area contributed by atoms with E-state index in [1.54, 1.807) is 11.8 Å². The van der Waals surface area contributed by atoms with Crippen molar-refractivity contribution in [1.82, 2.24) is 5.32 Å². The maximum absolute atomic E-state index is 13.0. The molecule has 1 aliphatic heterocycles. The second-order valence-corrected chi connectivity index (χ2v) is 6.67. The van der Waals surface area contributed by atoms with Gasteiger partial charge in [-0.15, -0.1) is 11.8 Å². The van der Waals surface area contributed by atoms with Gasteiger partial charge in [0.05, 0.1) is 13.2 Å². The topological polar surface area (TPSA) is 30.5 Å². The van der Waals surface area contributed by atoms with E-state index in [4.69, 9.17) is 9.47 Å². The Morgan fingerprint density at radius 1 is 1.25 bits per heavy atom. The summed E-state index contributed by atoms with van der Waals surface area (Å²) in [7, 11) is 2.00. The third-order valence-corrected chi connectivity index (χ3v) is 5.42. The van der Waals surface area contributed by atoms with Crippen molar-refractivity contribution in [2.75, 3.05) is 20.3 Å². The zero-order chi connectivity index (χ0) is 14.0. The molecule has 0 radical (unpaired) electrons. The summed E-state index contributed by atoms with van der Waals surface area (Å²) in [6.45, 7) is 1.39. The van der Waals surface area contributed by atoms with E-state index in [1.165, 1.54) is 12.1 Å². The van der Waals surface area contributed by atoms with Crippen LogP contribution in [0.15, 0.2) is 29.2 Å². The van der Waals surface area contributed by atoms with Gasteiger partial charge in [-0.05, 0) is 37.7 Å². The molecule has 1 spiro atoms. The average Bonchev–Trinajstić information content (AvgIpc) is 2.90. The van der Waals surface area contributed by atoms with E-state index in [-0.39, 0.29) is 11.6 Å². The Labute approximate surface area is 123 Å². The Morgan fingerprint density at radius 3 is 2.60 bits per heavy atom. The lowest BCUT2D eigenvalue weighted by molar-refractivity contribution is -0.177. The van der Waals surface area contributed by atoms with Gasteiger partial charge in [-0.1, -0.05) is 0 Å². The van der Waals surface area contributed by atoms with Gasteiger partial charge in [-0.2, -0.15) is 0 Å². The summed E-state index contributed by atoms with van der Waals surface area (Å²) < 4.78 is 24.7. The summed E-state index contributed by atoms with van der Waals surface area (Å²) in [5.74, 6) is -0.576. The third kappa shape index (κ3) is 3.01. The highest BCUT2D eigenvalue weighted by atomic mass is 32.2. The fraction of sp³-hybridized carbons (Fsp3) is 0.600.